The molecule has 10 rings (SSSR count). The molecule has 0 bridgehead atoms. The van der Waals surface area contributed by atoms with Crippen molar-refractivity contribution in [2.24, 2.45) is 0 Å². The highest BCUT2D eigenvalue weighted by Crippen LogP contribution is 2.40. The zero-order valence-electron chi connectivity index (χ0n) is 35.3. The van der Waals surface area contributed by atoms with Gasteiger partial charge in [-0.3, -0.25) is 0 Å². The van der Waals surface area contributed by atoms with E-state index in [0.717, 1.165) is 11.4 Å². The van der Waals surface area contributed by atoms with Gasteiger partial charge in [0.15, 0.2) is 0 Å². The Balaban J connectivity index is 0.00000118. The van der Waals surface area contributed by atoms with E-state index >= 15 is 0 Å². The number of benzene rings is 8. The lowest BCUT2D eigenvalue weighted by Gasteiger charge is -2.16. The minimum Gasteiger partial charge on any atom is -0.309 e. The average molecular weight is 765 g/mol. The highest BCUT2D eigenvalue weighted by atomic mass is 15.0. The molecule has 0 aliphatic heterocycles. The average Bonchev–Trinajstić information content (AvgIpc) is 3.87. The largest absolute Gasteiger partial charge is 0.309 e. The van der Waals surface area contributed by atoms with E-state index in [2.05, 4.69) is 218 Å². The van der Waals surface area contributed by atoms with Gasteiger partial charge in [-0.2, -0.15) is 0 Å². The smallest absolute Gasteiger partial charge is 0.0547 e. The van der Waals surface area contributed by atoms with Crippen LogP contribution >= 0.6 is 0 Å². The molecule has 2 nitrogen and oxygen atoms in total. The standard InChI is InChI=1S/C53H40N2.2C2H6/c1-35-20-26-44(27-21-35)54-52-31-41(23-24-42(52)32-53(54)48-19-11-16-38-13-8-10-18-47(38)48)40-25-29-50-43(30-40)33-51(39-14-5-4-6-15-39)55(50)45-28-22-37(3)49(34-45)46-17-9-7-12-36(46)2;2*1-2/h4-34H,1-3H3;2*1-2H3. The summed E-state index contributed by atoms with van der Waals surface area (Å²) in [6, 6.07) is 69.1. The zero-order chi connectivity index (χ0) is 41.0. The molecule has 0 saturated heterocycles. The van der Waals surface area contributed by atoms with Gasteiger partial charge >= 0.3 is 0 Å². The second-order valence-corrected chi connectivity index (χ2v) is 14.8. The summed E-state index contributed by atoms with van der Waals surface area (Å²) < 4.78 is 4.86. The van der Waals surface area contributed by atoms with Crippen LogP contribution in [0.3, 0.4) is 0 Å². The fourth-order valence-electron chi connectivity index (χ4n) is 8.41. The minimum absolute atomic E-state index is 1.16. The highest BCUT2D eigenvalue weighted by molar-refractivity contribution is 6.01. The summed E-state index contributed by atoms with van der Waals surface area (Å²) in [5, 5.41) is 4.92. The fraction of sp³-hybridized carbons (Fsp3) is 0.123. The third-order valence-corrected chi connectivity index (χ3v) is 11.3. The number of nitrogens with zero attached hydrogens (tertiary/aromatic N) is 2. The van der Waals surface area contributed by atoms with E-state index < -0.39 is 0 Å². The van der Waals surface area contributed by atoms with Gasteiger partial charge in [-0.1, -0.05) is 167 Å². The highest BCUT2D eigenvalue weighted by Gasteiger charge is 2.18. The molecular formula is C57H52N2. The summed E-state index contributed by atoms with van der Waals surface area (Å²) in [5.41, 5.74) is 18.2. The zero-order valence-corrected chi connectivity index (χ0v) is 35.3. The van der Waals surface area contributed by atoms with E-state index in [-0.39, 0.29) is 0 Å². The number of hydrogen-bond acceptors (Lipinski definition) is 0. The van der Waals surface area contributed by atoms with Gasteiger partial charge in [-0.05, 0) is 125 Å². The van der Waals surface area contributed by atoms with Crippen LogP contribution in [-0.2, 0) is 0 Å². The number of aryl methyl sites for hydroxylation is 3. The molecule has 59 heavy (non-hydrogen) atoms. The molecular weight excluding hydrogens is 713 g/mol. The van der Waals surface area contributed by atoms with Crippen molar-refractivity contribution < 1.29 is 0 Å². The van der Waals surface area contributed by atoms with Gasteiger partial charge < -0.3 is 9.13 Å². The molecule has 8 aromatic carbocycles. The first-order chi connectivity index (χ1) is 29.0. The van der Waals surface area contributed by atoms with E-state index in [1.54, 1.807) is 0 Å². The van der Waals surface area contributed by atoms with E-state index in [1.165, 1.54) is 94.0 Å². The van der Waals surface area contributed by atoms with E-state index in [4.69, 9.17) is 0 Å². The SMILES string of the molecule is CC.CC.Cc1ccc(-n2c(-c3cccc4ccccc34)cc3ccc(-c4ccc5c(c4)cc(-c4ccccc4)n5-c4ccc(C)c(-c5ccccc5C)c4)cc32)cc1. The van der Waals surface area contributed by atoms with Crippen molar-refractivity contribution in [1.82, 2.24) is 9.13 Å². The molecule has 0 atom stereocenters. The third-order valence-electron chi connectivity index (χ3n) is 11.3. The molecule has 0 spiro atoms. The number of hydrogen-bond donors (Lipinski definition) is 0. The van der Waals surface area contributed by atoms with Gasteiger partial charge in [0, 0.05) is 27.7 Å². The van der Waals surface area contributed by atoms with Crippen LogP contribution in [0, 0.1) is 20.8 Å². The molecule has 0 aliphatic rings. The maximum atomic E-state index is 2.44. The van der Waals surface area contributed by atoms with Crippen molar-refractivity contribution >= 4 is 32.6 Å². The molecule has 0 unspecified atom stereocenters. The maximum Gasteiger partial charge on any atom is 0.0547 e. The first kappa shape index (κ1) is 38.9. The molecule has 0 aliphatic carbocycles. The first-order valence-corrected chi connectivity index (χ1v) is 21.1. The first-order valence-electron chi connectivity index (χ1n) is 21.1. The van der Waals surface area contributed by atoms with Crippen molar-refractivity contribution in [2.45, 2.75) is 48.5 Å². The van der Waals surface area contributed by atoms with Crippen molar-refractivity contribution in [3.63, 3.8) is 0 Å². The lowest BCUT2D eigenvalue weighted by atomic mass is 9.96. The number of rotatable bonds is 6. The summed E-state index contributed by atoms with van der Waals surface area (Å²) in [6.07, 6.45) is 0. The molecule has 0 amide bonds. The predicted octanol–water partition coefficient (Wildman–Crippen LogP) is 16.4. The Bertz CT molecular complexity index is 3040. The molecule has 2 heteroatoms. The number of fused-ring (bicyclic) bond motifs is 3. The lowest BCUT2D eigenvalue weighted by Crippen LogP contribution is -1.98. The van der Waals surface area contributed by atoms with Crippen molar-refractivity contribution in [3.8, 4) is 56.1 Å². The van der Waals surface area contributed by atoms with E-state index in [0.29, 0.717) is 0 Å². The van der Waals surface area contributed by atoms with Gasteiger partial charge in [0.1, 0.15) is 0 Å². The molecule has 2 aromatic heterocycles. The van der Waals surface area contributed by atoms with Crippen LogP contribution in [0.1, 0.15) is 44.4 Å². The quantitative estimate of drug-likeness (QED) is 0.160. The van der Waals surface area contributed by atoms with Crippen LogP contribution in [0.5, 0.6) is 0 Å². The Morgan fingerprint density at radius 1 is 0.322 bits per heavy atom. The number of aromatic nitrogens is 2. The molecule has 290 valence electrons. The maximum absolute atomic E-state index is 2.44. The topological polar surface area (TPSA) is 9.86 Å². The Morgan fingerprint density at radius 2 is 0.932 bits per heavy atom. The molecule has 0 fully saturated rings. The summed E-state index contributed by atoms with van der Waals surface area (Å²) in [7, 11) is 0. The molecule has 0 radical (unpaired) electrons. The van der Waals surface area contributed by atoms with Gasteiger partial charge in [0.25, 0.3) is 0 Å². The second-order valence-electron chi connectivity index (χ2n) is 14.8. The normalized spacial score (nSPS) is 11.0. The second kappa shape index (κ2) is 16.9. The Labute approximate surface area is 349 Å². The van der Waals surface area contributed by atoms with Crippen LogP contribution in [0.15, 0.2) is 188 Å². The van der Waals surface area contributed by atoms with Crippen molar-refractivity contribution in [1.29, 1.82) is 0 Å². The van der Waals surface area contributed by atoms with Gasteiger partial charge in [0.2, 0.25) is 0 Å². The van der Waals surface area contributed by atoms with Crippen molar-refractivity contribution in [3.05, 3.63) is 205 Å². The van der Waals surface area contributed by atoms with Gasteiger partial charge in [0.05, 0.1) is 22.4 Å². The molecule has 2 heterocycles. The summed E-state index contributed by atoms with van der Waals surface area (Å²) in [5.74, 6) is 0. The predicted molar refractivity (Wildman–Crippen MR) is 256 cm³/mol. The summed E-state index contributed by atoms with van der Waals surface area (Å²) >= 11 is 0. The van der Waals surface area contributed by atoms with Crippen LogP contribution in [-0.4, -0.2) is 9.13 Å². The van der Waals surface area contributed by atoms with Gasteiger partial charge in [-0.25, -0.2) is 0 Å². The van der Waals surface area contributed by atoms with E-state index in [9.17, 15) is 0 Å². The fourth-order valence-corrected chi connectivity index (χ4v) is 8.41. The van der Waals surface area contributed by atoms with E-state index in [1.807, 2.05) is 27.7 Å². The monoisotopic (exact) mass is 764 g/mol. The molecule has 0 N–H and O–H groups in total. The minimum atomic E-state index is 1.16. The van der Waals surface area contributed by atoms with Crippen LogP contribution in [0.25, 0.3) is 88.7 Å². The third kappa shape index (κ3) is 7.28. The Hall–Kier alpha value is -6.90. The van der Waals surface area contributed by atoms with Crippen LogP contribution in [0.2, 0.25) is 0 Å². The lowest BCUT2D eigenvalue weighted by molar-refractivity contribution is 1.13. The molecule has 10 aromatic rings. The van der Waals surface area contributed by atoms with Gasteiger partial charge in [-0.15, -0.1) is 0 Å². The van der Waals surface area contributed by atoms with Crippen LogP contribution < -0.4 is 0 Å². The summed E-state index contributed by atoms with van der Waals surface area (Å²) in [4.78, 5) is 0. The molecule has 0 saturated carbocycles. The van der Waals surface area contributed by atoms with Crippen LogP contribution in [0.4, 0.5) is 0 Å². The summed E-state index contributed by atoms with van der Waals surface area (Å²) in [6.45, 7) is 14.6. The Kier molecular flexibility index (Phi) is 11.2. The Morgan fingerprint density at radius 3 is 1.73 bits per heavy atom. The van der Waals surface area contributed by atoms with Crippen molar-refractivity contribution in [2.75, 3.05) is 0 Å².